The van der Waals surface area contributed by atoms with Crippen molar-refractivity contribution in [2.24, 2.45) is 0 Å². The summed E-state index contributed by atoms with van der Waals surface area (Å²) in [5.74, 6) is 0. The van der Waals surface area contributed by atoms with Crippen LogP contribution >= 0.6 is 0 Å². The maximum atomic E-state index is 2.63. The van der Waals surface area contributed by atoms with E-state index in [-0.39, 0.29) is 10.8 Å². The standard InChI is InChI=1S/C52H62/c1-7-9-11-13-15-17-31-52(32-18-16-14-12-10-8-2)49-33-38(4)21-27-45(49)46-30-26-42(36-50(46)52)41-25-29-44-43-28-24-40(39-22-19-37(3)20-23-39)34-47(43)51(5,6)48(44)35-41/h19-30,33-36H,7-18,31-32H2,1-6H3. The predicted molar refractivity (Wildman–Crippen MR) is 227 cm³/mol. The molecule has 0 atom stereocenters. The van der Waals surface area contributed by atoms with Crippen LogP contribution in [0.4, 0.5) is 0 Å². The van der Waals surface area contributed by atoms with E-state index < -0.39 is 0 Å². The summed E-state index contributed by atoms with van der Waals surface area (Å²) < 4.78 is 0. The Morgan fingerprint density at radius 2 is 0.731 bits per heavy atom. The number of aryl methyl sites for hydroxylation is 2. The smallest absolute Gasteiger partial charge is 0.0215 e. The molecule has 0 unspecified atom stereocenters. The number of benzene rings is 5. The largest absolute Gasteiger partial charge is 0.0654 e. The zero-order valence-electron chi connectivity index (χ0n) is 33.1. The summed E-state index contributed by atoms with van der Waals surface area (Å²) in [4.78, 5) is 0. The van der Waals surface area contributed by atoms with Gasteiger partial charge in [0.05, 0.1) is 0 Å². The van der Waals surface area contributed by atoms with Crippen LogP contribution in [0.2, 0.25) is 0 Å². The van der Waals surface area contributed by atoms with Gasteiger partial charge in [0.2, 0.25) is 0 Å². The lowest BCUT2D eigenvalue weighted by Crippen LogP contribution is -2.25. The number of rotatable bonds is 16. The Hall–Kier alpha value is -3.90. The maximum Gasteiger partial charge on any atom is 0.0215 e. The van der Waals surface area contributed by atoms with E-state index in [1.807, 2.05) is 0 Å². The van der Waals surface area contributed by atoms with Gasteiger partial charge in [-0.05, 0) is 112 Å². The molecule has 5 aromatic rings. The van der Waals surface area contributed by atoms with Crippen molar-refractivity contribution in [2.45, 2.75) is 142 Å². The summed E-state index contributed by atoms with van der Waals surface area (Å²) in [6.07, 6.45) is 18.7. The van der Waals surface area contributed by atoms with E-state index in [2.05, 4.69) is 139 Å². The minimum Gasteiger partial charge on any atom is -0.0654 e. The summed E-state index contributed by atoms with van der Waals surface area (Å²) in [5, 5.41) is 0. The molecule has 0 bridgehead atoms. The van der Waals surface area contributed by atoms with Crippen LogP contribution in [0.3, 0.4) is 0 Å². The normalized spacial score (nSPS) is 14.6. The van der Waals surface area contributed by atoms with E-state index in [4.69, 9.17) is 0 Å². The van der Waals surface area contributed by atoms with E-state index >= 15 is 0 Å². The lowest BCUT2D eigenvalue weighted by atomic mass is 9.70. The second-order valence-corrected chi connectivity index (χ2v) is 16.9. The van der Waals surface area contributed by atoms with Crippen molar-refractivity contribution in [3.05, 3.63) is 130 Å². The van der Waals surface area contributed by atoms with Crippen molar-refractivity contribution in [2.75, 3.05) is 0 Å². The van der Waals surface area contributed by atoms with Gasteiger partial charge >= 0.3 is 0 Å². The summed E-state index contributed by atoms with van der Waals surface area (Å²) in [6.45, 7) is 14.0. The van der Waals surface area contributed by atoms with Crippen LogP contribution in [-0.4, -0.2) is 0 Å². The molecule has 0 aromatic heterocycles. The highest BCUT2D eigenvalue weighted by molar-refractivity contribution is 5.88. The lowest BCUT2D eigenvalue weighted by molar-refractivity contribution is 0.398. The first-order valence-corrected chi connectivity index (χ1v) is 20.9. The average Bonchev–Trinajstić information content (AvgIpc) is 3.55. The second kappa shape index (κ2) is 15.6. The van der Waals surface area contributed by atoms with Crippen molar-refractivity contribution in [3.8, 4) is 44.5 Å². The first-order chi connectivity index (χ1) is 25.3. The summed E-state index contributed by atoms with van der Waals surface area (Å²) in [7, 11) is 0. The molecular formula is C52H62. The van der Waals surface area contributed by atoms with Gasteiger partial charge in [0, 0.05) is 10.8 Å². The Labute approximate surface area is 316 Å². The van der Waals surface area contributed by atoms with Crippen LogP contribution in [-0.2, 0) is 10.8 Å². The fourth-order valence-electron chi connectivity index (χ4n) is 9.71. The Morgan fingerprint density at radius 3 is 1.25 bits per heavy atom. The Morgan fingerprint density at radius 1 is 0.365 bits per heavy atom. The van der Waals surface area contributed by atoms with Crippen LogP contribution in [0.1, 0.15) is 151 Å². The molecule has 0 spiro atoms. The number of unbranched alkanes of at least 4 members (excludes halogenated alkanes) is 10. The fourth-order valence-corrected chi connectivity index (χ4v) is 9.71. The molecule has 0 aliphatic heterocycles. The number of hydrogen-bond acceptors (Lipinski definition) is 0. The van der Waals surface area contributed by atoms with E-state index in [0.29, 0.717) is 0 Å². The Bertz CT molecular complexity index is 1990. The molecule has 0 heteroatoms. The fraction of sp³-hybridized carbons (Fsp3) is 0.423. The molecule has 0 amide bonds. The molecule has 2 aliphatic rings. The molecule has 0 N–H and O–H groups in total. The lowest BCUT2D eigenvalue weighted by Gasteiger charge is -2.33. The third-order valence-electron chi connectivity index (χ3n) is 12.8. The third kappa shape index (κ3) is 6.96. The van der Waals surface area contributed by atoms with Crippen LogP contribution in [0.25, 0.3) is 44.5 Å². The topological polar surface area (TPSA) is 0 Å². The molecular weight excluding hydrogens is 625 g/mol. The second-order valence-electron chi connectivity index (χ2n) is 16.9. The van der Waals surface area contributed by atoms with Crippen LogP contribution in [0.5, 0.6) is 0 Å². The summed E-state index contributed by atoms with van der Waals surface area (Å²) in [5.41, 5.74) is 19.9. The van der Waals surface area contributed by atoms with Crippen LogP contribution in [0, 0.1) is 13.8 Å². The molecule has 2 aliphatic carbocycles. The Kier molecular flexibility index (Phi) is 10.9. The Balaban J connectivity index is 1.24. The zero-order chi connectivity index (χ0) is 36.3. The van der Waals surface area contributed by atoms with Crippen molar-refractivity contribution >= 4 is 0 Å². The van der Waals surface area contributed by atoms with Gasteiger partial charge in [-0.2, -0.15) is 0 Å². The van der Waals surface area contributed by atoms with Gasteiger partial charge in [-0.15, -0.1) is 0 Å². The van der Waals surface area contributed by atoms with Crippen LogP contribution in [0.15, 0.2) is 97.1 Å². The van der Waals surface area contributed by atoms with Gasteiger partial charge in [0.15, 0.2) is 0 Å². The third-order valence-corrected chi connectivity index (χ3v) is 12.8. The highest BCUT2D eigenvalue weighted by Crippen LogP contribution is 2.56. The predicted octanol–water partition coefficient (Wildman–Crippen LogP) is 15.7. The van der Waals surface area contributed by atoms with Crippen molar-refractivity contribution in [1.82, 2.24) is 0 Å². The number of fused-ring (bicyclic) bond motifs is 6. The van der Waals surface area contributed by atoms with Gasteiger partial charge in [0.25, 0.3) is 0 Å². The first kappa shape index (κ1) is 36.5. The average molecular weight is 687 g/mol. The zero-order valence-corrected chi connectivity index (χ0v) is 33.1. The molecule has 0 nitrogen and oxygen atoms in total. The molecule has 0 fully saturated rings. The number of hydrogen-bond donors (Lipinski definition) is 0. The SMILES string of the molecule is CCCCCCCCC1(CCCCCCCC)c2cc(C)ccc2-c2ccc(-c3ccc4c(c3)C(C)(C)c3cc(-c5ccc(C)cc5)ccc3-4)cc21. The van der Waals surface area contributed by atoms with Crippen LogP contribution < -0.4 is 0 Å². The minimum absolute atomic E-state index is 0.0643. The quantitative estimate of drug-likeness (QED) is 0.0906. The van der Waals surface area contributed by atoms with Gasteiger partial charge in [-0.3, -0.25) is 0 Å². The van der Waals surface area contributed by atoms with E-state index in [1.54, 1.807) is 11.1 Å². The highest BCUT2D eigenvalue weighted by Gasteiger charge is 2.43. The molecule has 0 saturated heterocycles. The molecule has 5 aromatic carbocycles. The van der Waals surface area contributed by atoms with Gasteiger partial charge in [-0.25, -0.2) is 0 Å². The van der Waals surface area contributed by atoms with Crippen molar-refractivity contribution < 1.29 is 0 Å². The summed E-state index contributed by atoms with van der Waals surface area (Å²) >= 11 is 0. The molecule has 0 heterocycles. The maximum absolute atomic E-state index is 2.63. The molecule has 270 valence electrons. The van der Waals surface area contributed by atoms with Gasteiger partial charge in [0.1, 0.15) is 0 Å². The molecule has 0 saturated carbocycles. The van der Waals surface area contributed by atoms with Crippen molar-refractivity contribution in [1.29, 1.82) is 0 Å². The minimum atomic E-state index is -0.0643. The first-order valence-electron chi connectivity index (χ1n) is 20.9. The molecule has 7 rings (SSSR count). The summed E-state index contributed by atoms with van der Waals surface area (Å²) in [6, 6.07) is 38.3. The molecule has 52 heavy (non-hydrogen) atoms. The van der Waals surface area contributed by atoms with E-state index in [1.165, 1.54) is 157 Å². The highest BCUT2D eigenvalue weighted by atomic mass is 14.5. The van der Waals surface area contributed by atoms with Gasteiger partial charge in [-0.1, -0.05) is 195 Å². The van der Waals surface area contributed by atoms with E-state index in [0.717, 1.165) is 0 Å². The van der Waals surface area contributed by atoms with Crippen molar-refractivity contribution in [3.63, 3.8) is 0 Å². The van der Waals surface area contributed by atoms with Gasteiger partial charge < -0.3 is 0 Å². The molecule has 0 radical (unpaired) electrons. The monoisotopic (exact) mass is 686 g/mol. The van der Waals surface area contributed by atoms with E-state index in [9.17, 15) is 0 Å².